The summed E-state index contributed by atoms with van der Waals surface area (Å²) >= 11 is 12.5. The highest BCUT2D eigenvalue weighted by molar-refractivity contribution is 6.31. The van der Waals surface area contributed by atoms with Gasteiger partial charge in [-0.1, -0.05) is 101 Å². The number of para-hydroxylation sites is 1. The van der Waals surface area contributed by atoms with E-state index in [9.17, 15) is 19.6 Å². The van der Waals surface area contributed by atoms with E-state index in [-0.39, 0.29) is 88.4 Å². The van der Waals surface area contributed by atoms with Crippen LogP contribution in [0.5, 0.6) is 17.2 Å². The molecule has 0 spiro atoms. The number of nitrogens with one attached hydrogen (secondary N) is 4. The maximum atomic E-state index is 16.2. The van der Waals surface area contributed by atoms with E-state index in [1.807, 2.05) is 79.7 Å². The molecule has 0 bridgehead atoms. The summed E-state index contributed by atoms with van der Waals surface area (Å²) in [5.41, 5.74) is 10.0. The average molecular weight is 1120 g/mol. The second kappa shape index (κ2) is 25.8. The Bertz CT molecular complexity index is 3000. The number of rotatable bonds is 24. The van der Waals surface area contributed by atoms with Gasteiger partial charge in [0.15, 0.2) is 11.6 Å². The molecule has 6 rings (SSSR count). The predicted molar refractivity (Wildman–Crippen MR) is 299 cm³/mol. The van der Waals surface area contributed by atoms with E-state index in [1.165, 1.54) is 55.6 Å². The second-order valence-corrected chi connectivity index (χ2v) is 23.0. The van der Waals surface area contributed by atoms with E-state index >= 15 is 8.78 Å². The number of carbonyl (C=O) groups excluding carboxylic acids is 3. The minimum atomic E-state index is -1.83. The van der Waals surface area contributed by atoms with Gasteiger partial charge in [-0.15, -0.1) is 0 Å². The molecule has 1 fully saturated rings. The van der Waals surface area contributed by atoms with Crippen molar-refractivity contribution < 1.29 is 42.1 Å². The Kier molecular flexibility index (Phi) is 20.0. The van der Waals surface area contributed by atoms with E-state index < -0.39 is 63.2 Å². The molecule has 4 aromatic carbocycles. The number of aromatic nitrogens is 2. The zero-order chi connectivity index (χ0) is 57.2. The van der Waals surface area contributed by atoms with Crippen LogP contribution in [0.15, 0.2) is 78.9 Å². The first-order valence-corrected chi connectivity index (χ1v) is 26.6. The lowest BCUT2D eigenvalue weighted by atomic mass is 9.62. The molecular weight excluding hydrogens is 1040 g/mol. The largest absolute Gasteiger partial charge is 0.495 e. The normalized spacial score (nSPS) is 17.5. The lowest BCUT2D eigenvalue weighted by Crippen LogP contribution is -2.48. The van der Waals surface area contributed by atoms with Gasteiger partial charge in [0, 0.05) is 52.9 Å². The molecule has 5 aromatic rings. The van der Waals surface area contributed by atoms with E-state index in [4.69, 9.17) is 53.6 Å². The number of methoxy groups -OCH3 is 1. The van der Waals surface area contributed by atoms with Gasteiger partial charge in [0.1, 0.15) is 28.5 Å². The zero-order valence-corrected chi connectivity index (χ0v) is 47.2. The topological polar surface area (TPSA) is 238 Å². The number of amides is 3. The molecular formula is C58H71Cl2F2N9O7. The number of aryl methyl sites for hydroxylation is 2. The van der Waals surface area contributed by atoms with Crippen molar-refractivity contribution in [2.24, 2.45) is 10.8 Å². The molecule has 78 heavy (non-hydrogen) atoms. The summed E-state index contributed by atoms with van der Waals surface area (Å²) < 4.78 is 56.1. The highest BCUT2D eigenvalue weighted by atomic mass is 35.5. The molecule has 3 amide bonds. The SMILES string of the molecule is CCc1nc(N)nc(N)c1OCCCOc1ccccc1CCC(=O)NC(C)(C)COCC(C)(C)CNC(=O)c1ccc(NC(=O)C2N[C@@H](CC(C)(C)C)[C@](C#N)(c3ccc(Cl)cc3F)[C@H]2c2cccc(Cl)c2F)c(OC)c1. The van der Waals surface area contributed by atoms with Crippen molar-refractivity contribution in [2.45, 2.75) is 116 Å². The lowest BCUT2D eigenvalue weighted by molar-refractivity contribution is -0.123. The molecule has 0 radical (unpaired) electrons. The van der Waals surface area contributed by atoms with Gasteiger partial charge in [-0.25, -0.2) is 13.8 Å². The lowest BCUT2D eigenvalue weighted by Gasteiger charge is -2.37. The number of nitrogens with zero attached hydrogens (tertiary/aromatic N) is 3. The van der Waals surface area contributed by atoms with Gasteiger partial charge in [0.25, 0.3) is 5.91 Å². The highest BCUT2D eigenvalue weighted by Crippen LogP contribution is 2.53. The van der Waals surface area contributed by atoms with Gasteiger partial charge in [-0.3, -0.25) is 14.4 Å². The van der Waals surface area contributed by atoms with Crippen molar-refractivity contribution in [3.05, 3.63) is 128 Å². The van der Waals surface area contributed by atoms with Crippen LogP contribution in [0.1, 0.15) is 113 Å². The number of anilines is 3. The van der Waals surface area contributed by atoms with Crippen LogP contribution >= 0.6 is 23.2 Å². The van der Waals surface area contributed by atoms with Crippen LogP contribution in [-0.2, 0) is 32.6 Å². The molecule has 0 aliphatic carbocycles. The minimum Gasteiger partial charge on any atom is -0.495 e. The van der Waals surface area contributed by atoms with Crippen LogP contribution in [0.4, 0.5) is 26.2 Å². The average Bonchev–Trinajstić information content (AvgIpc) is 3.70. The molecule has 1 aromatic heterocycles. The quantitative estimate of drug-likeness (QED) is 0.0316. The Balaban J connectivity index is 1.02. The van der Waals surface area contributed by atoms with Crippen LogP contribution in [0.25, 0.3) is 0 Å². The van der Waals surface area contributed by atoms with Gasteiger partial charge in [0.05, 0.1) is 67.6 Å². The smallest absolute Gasteiger partial charge is 0.251 e. The molecule has 1 unspecified atom stereocenters. The van der Waals surface area contributed by atoms with Crippen molar-refractivity contribution in [1.29, 1.82) is 5.26 Å². The van der Waals surface area contributed by atoms with Crippen LogP contribution in [-0.4, -0.2) is 85.4 Å². The first kappa shape index (κ1) is 60.4. The fourth-order valence-electron chi connectivity index (χ4n) is 9.68. The summed E-state index contributed by atoms with van der Waals surface area (Å²) in [5, 5.41) is 23.3. The van der Waals surface area contributed by atoms with Gasteiger partial charge in [-0.2, -0.15) is 10.2 Å². The van der Waals surface area contributed by atoms with Gasteiger partial charge in [-0.05, 0) is 92.1 Å². The van der Waals surface area contributed by atoms with Crippen molar-refractivity contribution in [3.63, 3.8) is 0 Å². The maximum Gasteiger partial charge on any atom is 0.251 e. The highest BCUT2D eigenvalue weighted by Gasteiger charge is 2.61. The first-order valence-electron chi connectivity index (χ1n) is 25.8. The molecule has 2 heterocycles. The summed E-state index contributed by atoms with van der Waals surface area (Å²) in [7, 11) is 1.38. The summed E-state index contributed by atoms with van der Waals surface area (Å²) in [6.45, 7) is 16.8. The van der Waals surface area contributed by atoms with Gasteiger partial charge >= 0.3 is 0 Å². The van der Waals surface area contributed by atoms with E-state index in [1.54, 1.807) is 0 Å². The molecule has 418 valence electrons. The van der Waals surface area contributed by atoms with Crippen LogP contribution in [0, 0.1) is 33.8 Å². The van der Waals surface area contributed by atoms with E-state index in [2.05, 4.69) is 37.3 Å². The minimum absolute atomic E-state index is 0.0516. The Hall–Kier alpha value is -6.78. The Morgan fingerprint density at radius 2 is 1.63 bits per heavy atom. The van der Waals surface area contributed by atoms with Crippen molar-refractivity contribution in [2.75, 3.05) is 56.9 Å². The summed E-state index contributed by atoms with van der Waals surface area (Å²) in [6.07, 6.45) is 2.11. The molecule has 4 atom stereocenters. The third-order valence-electron chi connectivity index (χ3n) is 13.3. The Morgan fingerprint density at radius 1 is 0.897 bits per heavy atom. The molecule has 20 heteroatoms. The number of benzene rings is 4. The predicted octanol–water partition coefficient (Wildman–Crippen LogP) is 9.91. The van der Waals surface area contributed by atoms with Gasteiger partial charge in [0.2, 0.25) is 17.8 Å². The summed E-state index contributed by atoms with van der Waals surface area (Å²) in [6, 6.07) is 20.5. The van der Waals surface area contributed by atoms with Crippen molar-refractivity contribution in [1.82, 2.24) is 25.9 Å². The van der Waals surface area contributed by atoms with E-state index in [0.29, 0.717) is 49.7 Å². The number of ether oxygens (including phenoxy) is 4. The molecule has 1 saturated heterocycles. The van der Waals surface area contributed by atoms with Crippen LogP contribution < -0.4 is 46.9 Å². The summed E-state index contributed by atoms with van der Waals surface area (Å²) in [5.74, 6) is -2.62. The monoisotopic (exact) mass is 1110 g/mol. The first-order chi connectivity index (χ1) is 36.8. The third kappa shape index (κ3) is 15.1. The van der Waals surface area contributed by atoms with Crippen LogP contribution in [0.3, 0.4) is 0 Å². The Labute approximate surface area is 465 Å². The van der Waals surface area contributed by atoms with Crippen molar-refractivity contribution in [3.8, 4) is 23.3 Å². The molecule has 1 aliphatic rings. The number of hydrogen-bond acceptors (Lipinski definition) is 13. The Morgan fingerprint density at radius 3 is 2.32 bits per heavy atom. The molecule has 0 saturated carbocycles. The maximum absolute atomic E-state index is 16.2. The van der Waals surface area contributed by atoms with Crippen LogP contribution in [0.2, 0.25) is 10.0 Å². The molecule has 8 N–H and O–H groups in total. The standard InChI is InChI=1S/C58H71Cl2F2N9O7/c1-10-41-50(51(64)70-54(65)68-41)78-26-14-25-77-43-18-12-11-15-34(43)20-24-46(72)71-57(7,8)33-76-32-56(5,6)31-66-52(73)35-19-23-42(44(27-35)75-9)67-53(74)49-47(37-16-13-17-39(60)48(37)62)58(30-63,45(69-49)29-55(2,3)4)38-22-21-36(59)28-40(38)61/h11-13,15-19,21-23,27-28,45,47,49,69H,10,14,20,24-26,29,31-33H2,1-9H3,(H,66,73)(H,67,74)(H,71,72)(H4,64,65,68,70)/t45-,47-,49?,58-/m0/s1. The second-order valence-electron chi connectivity index (χ2n) is 22.1. The zero-order valence-electron chi connectivity index (χ0n) is 45.7. The fraction of sp³-hybridized carbons (Fsp3) is 0.448. The molecule has 16 nitrogen and oxygen atoms in total. The number of nitriles is 1. The van der Waals surface area contributed by atoms with Crippen molar-refractivity contribution >= 4 is 58.4 Å². The number of nitrogens with two attached hydrogens (primary N) is 2. The third-order valence-corrected chi connectivity index (χ3v) is 13.8. The van der Waals surface area contributed by atoms with Gasteiger partial charge < -0.3 is 51.7 Å². The number of nitrogen functional groups attached to an aromatic ring is 2. The van der Waals surface area contributed by atoms with E-state index in [0.717, 1.165) is 11.6 Å². The summed E-state index contributed by atoms with van der Waals surface area (Å²) in [4.78, 5) is 49.6. The number of carbonyl (C=O) groups is 3. The fourth-order valence-corrected chi connectivity index (χ4v) is 10.0. The molecule has 1 aliphatic heterocycles. The number of halogens is 4. The number of hydrogen-bond donors (Lipinski definition) is 6.